The minimum absolute atomic E-state index is 0.0805. The zero-order valence-corrected chi connectivity index (χ0v) is 17.8. The second kappa shape index (κ2) is 8.24. The predicted octanol–water partition coefficient (Wildman–Crippen LogP) is 2.60. The zero-order chi connectivity index (χ0) is 20.5. The Morgan fingerprint density at radius 1 is 1.04 bits per heavy atom. The highest BCUT2D eigenvalue weighted by molar-refractivity contribution is 7.89. The molecule has 1 fully saturated rings. The summed E-state index contributed by atoms with van der Waals surface area (Å²) in [7, 11) is -0.215. The Morgan fingerprint density at radius 3 is 2.21 bits per heavy atom. The van der Waals surface area contributed by atoms with Crippen LogP contribution in [0.25, 0.3) is 0 Å². The summed E-state index contributed by atoms with van der Waals surface area (Å²) in [5.74, 6) is 0.398. The van der Waals surface area contributed by atoms with Crippen LogP contribution in [0.2, 0.25) is 10.0 Å². The average Bonchev–Trinajstić information content (AvgIpc) is 2.67. The van der Waals surface area contributed by atoms with Crippen molar-refractivity contribution in [1.29, 1.82) is 0 Å². The topological polar surface area (TPSA) is 73.8 Å². The lowest BCUT2D eigenvalue weighted by Crippen LogP contribution is -2.50. The zero-order valence-electron chi connectivity index (χ0n) is 15.5. The van der Waals surface area contributed by atoms with Gasteiger partial charge in [0, 0.05) is 46.5 Å². The average molecular weight is 443 g/mol. The Balaban J connectivity index is 1.77. The Bertz CT molecular complexity index is 970. The molecule has 0 bridgehead atoms. The van der Waals surface area contributed by atoms with Crippen molar-refractivity contribution < 1.29 is 13.2 Å². The van der Waals surface area contributed by atoms with Crippen molar-refractivity contribution in [1.82, 2.24) is 14.2 Å². The summed E-state index contributed by atoms with van der Waals surface area (Å²) in [5.41, 5.74) is 0.484. The number of sulfonamides is 1. The Labute approximate surface area is 174 Å². The number of pyridine rings is 1. The highest BCUT2D eigenvalue weighted by Gasteiger charge is 2.33. The fourth-order valence-corrected chi connectivity index (χ4v) is 5.59. The highest BCUT2D eigenvalue weighted by atomic mass is 35.5. The van der Waals surface area contributed by atoms with Crippen LogP contribution in [0.1, 0.15) is 10.4 Å². The van der Waals surface area contributed by atoms with E-state index in [2.05, 4.69) is 4.98 Å². The third-order valence-electron chi connectivity index (χ3n) is 4.48. The number of carbonyl (C=O) groups excluding carboxylic acids is 1. The predicted molar refractivity (Wildman–Crippen MR) is 110 cm³/mol. The van der Waals surface area contributed by atoms with E-state index in [1.807, 2.05) is 14.1 Å². The molecule has 1 aromatic carbocycles. The number of aromatic nitrogens is 1. The van der Waals surface area contributed by atoms with E-state index in [1.165, 1.54) is 16.4 Å². The molecule has 0 aliphatic carbocycles. The van der Waals surface area contributed by atoms with Gasteiger partial charge in [-0.1, -0.05) is 29.3 Å². The molecule has 2 heterocycles. The summed E-state index contributed by atoms with van der Waals surface area (Å²) >= 11 is 12.1. The Kier molecular flexibility index (Phi) is 6.14. The molecule has 0 saturated carbocycles. The van der Waals surface area contributed by atoms with Gasteiger partial charge >= 0.3 is 0 Å². The SMILES string of the molecule is CN(C)c1ncccc1C(=O)N1CCN(S(=O)(=O)c2c(Cl)cccc2Cl)CC1. The highest BCUT2D eigenvalue weighted by Crippen LogP contribution is 2.32. The first-order chi connectivity index (χ1) is 13.2. The van der Waals surface area contributed by atoms with Crippen LogP contribution in [0, 0.1) is 0 Å². The van der Waals surface area contributed by atoms with Crippen molar-refractivity contribution in [2.24, 2.45) is 0 Å². The fourth-order valence-electron chi connectivity index (χ4n) is 3.08. The lowest BCUT2D eigenvalue weighted by molar-refractivity contribution is 0.0698. The van der Waals surface area contributed by atoms with E-state index >= 15 is 0 Å². The van der Waals surface area contributed by atoms with Crippen molar-refractivity contribution >= 4 is 45.0 Å². The van der Waals surface area contributed by atoms with Crippen molar-refractivity contribution in [3.63, 3.8) is 0 Å². The van der Waals surface area contributed by atoms with Gasteiger partial charge in [0.2, 0.25) is 10.0 Å². The van der Waals surface area contributed by atoms with Crippen molar-refractivity contribution in [3.05, 3.63) is 52.1 Å². The van der Waals surface area contributed by atoms with Crippen molar-refractivity contribution in [2.45, 2.75) is 4.90 Å². The van der Waals surface area contributed by atoms with Crippen LogP contribution in [0.5, 0.6) is 0 Å². The van der Waals surface area contributed by atoms with Crippen LogP contribution in [-0.4, -0.2) is 68.8 Å². The quantitative estimate of drug-likeness (QED) is 0.727. The molecule has 0 spiro atoms. The maximum atomic E-state index is 13.0. The molecule has 150 valence electrons. The molecule has 7 nitrogen and oxygen atoms in total. The first-order valence-electron chi connectivity index (χ1n) is 8.59. The second-order valence-corrected chi connectivity index (χ2v) is 9.21. The fraction of sp³-hybridized carbons (Fsp3) is 0.333. The van der Waals surface area contributed by atoms with Crippen LogP contribution >= 0.6 is 23.2 Å². The van der Waals surface area contributed by atoms with Gasteiger partial charge in [-0.05, 0) is 24.3 Å². The normalized spacial score (nSPS) is 15.5. The molecule has 0 unspecified atom stereocenters. The molecule has 1 aliphatic rings. The minimum atomic E-state index is -3.85. The molecule has 0 radical (unpaired) electrons. The van der Waals surface area contributed by atoms with Crippen LogP contribution in [-0.2, 0) is 10.0 Å². The van der Waals surface area contributed by atoms with Crippen molar-refractivity contribution in [2.75, 3.05) is 45.2 Å². The summed E-state index contributed by atoms with van der Waals surface area (Å²) in [5, 5.41) is 0.161. The van der Waals surface area contributed by atoms with E-state index in [0.717, 1.165) is 0 Å². The number of rotatable bonds is 4. The summed E-state index contributed by atoms with van der Waals surface area (Å²) < 4.78 is 27.2. The van der Waals surface area contributed by atoms with Gasteiger partial charge in [-0.2, -0.15) is 4.31 Å². The number of piperazine rings is 1. The monoisotopic (exact) mass is 442 g/mol. The molecule has 1 amide bonds. The lowest BCUT2D eigenvalue weighted by atomic mass is 10.2. The van der Waals surface area contributed by atoms with E-state index in [9.17, 15) is 13.2 Å². The number of halogens is 2. The van der Waals surface area contributed by atoms with Crippen molar-refractivity contribution in [3.8, 4) is 0 Å². The molecule has 10 heteroatoms. The number of amides is 1. The van der Waals surface area contributed by atoms with Gasteiger partial charge in [-0.25, -0.2) is 13.4 Å². The van der Waals surface area contributed by atoms with Gasteiger partial charge < -0.3 is 9.80 Å². The number of hydrogen-bond acceptors (Lipinski definition) is 5. The molecule has 1 aromatic heterocycles. The third-order valence-corrected chi connectivity index (χ3v) is 7.34. The summed E-state index contributed by atoms with van der Waals surface area (Å²) in [6.45, 7) is 0.851. The lowest BCUT2D eigenvalue weighted by Gasteiger charge is -2.34. The van der Waals surface area contributed by atoms with Crippen LogP contribution in [0.4, 0.5) is 5.82 Å². The van der Waals surface area contributed by atoms with Gasteiger partial charge in [0.05, 0.1) is 15.6 Å². The molecule has 1 aliphatic heterocycles. The van der Waals surface area contributed by atoms with Crippen LogP contribution in [0.15, 0.2) is 41.4 Å². The maximum absolute atomic E-state index is 13.0. The molecule has 1 saturated heterocycles. The molecule has 3 rings (SSSR count). The first kappa shape index (κ1) is 20.9. The second-order valence-electron chi connectivity index (χ2n) is 6.52. The van der Waals surface area contributed by atoms with E-state index in [0.29, 0.717) is 11.4 Å². The molecular weight excluding hydrogens is 423 g/mol. The maximum Gasteiger partial charge on any atom is 0.257 e. The Hall–Kier alpha value is -1.87. The molecule has 28 heavy (non-hydrogen) atoms. The number of anilines is 1. The molecule has 2 aromatic rings. The van der Waals surface area contributed by atoms with Crippen LogP contribution in [0.3, 0.4) is 0 Å². The minimum Gasteiger partial charge on any atom is -0.362 e. The van der Waals surface area contributed by atoms with E-state index in [-0.39, 0.29) is 47.0 Å². The number of benzene rings is 1. The number of nitrogens with zero attached hydrogens (tertiary/aromatic N) is 4. The van der Waals surface area contributed by atoms with E-state index < -0.39 is 10.0 Å². The van der Waals surface area contributed by atoms with E-state index in [4.69, 9.17) is 23.2 Å². The van der Waals surface area contributed by atoms with Gasteiger partial charge in [-0.15, -0.1) is 0 Å². The molecular formula is C18H20Cl2N4O3S. The molecule has 0 N–H and O–H groups in total. The smallest absolute Gasteiger partial charge is 0.257 e. The van der Waals surface area contributed by atoms with Gasteiger partial charge in [-0.3, -0.25) is 4.79 Å². The summed E-state index contributed by atoms with van der Waals surface area (Å²) in [4.78, 5) is 20.5. The number of hydrogen-bond donors (Lipinski definition) is 0. The van der Waals surface area contributed by atoms with Gasteiger partial charge in [0.25, 0.3) is 5.91 Å². The van der Waals surface area contributed by atoms with E-state index in [1.54, 1.807) is 34.2 Å². The van der Waals surface area contributed by atoms with Gasteiger partial charge in [0.15, 0.2) is 0 Å². The van der Waals surface area contributed by atoms with Gasteiger partial charge in [0.1, 0.15) is 10.7 Å². The molecule has 0 atom stereocenters. The summed E-state index contributed by atoms with van der Waals surface area (Å²) in [6, 6.07) is 8.00. The largest absolute Gasteiger partial charge is 0.362 e. The summed E-state index contributed by atoms with van der Waals surface area (Å²) in [6.07, 6.45) is 1.63. The Morgan fingerprint density at radius 2 is 1.64 bits per heavy atom. The number of carbonyl (C=O) groups is 1. The third kappa shape index (κ3) is 3.96. The van der Waals surface area contributed by atoms with Crippen LogP contribution < -0.4 is 4.90 Å². The standard InChI is InChI=1S/C18H20Cl2N4O3S/c1-22(2)17-13(5-4-8-21-17)18(25)23-9-11-24(12-10-23)28(26,27)16-14(19)6-3-7-15(16)20/h3-8H,9-12H2,1-2H3. The first-order valence-corrected chi connectivity index (χ1v) is 10.8.